The highest BCUT2D eigenvalue weighted by molar-refractivity contribution is 5.93. The summed E-state index contributed by atoms with van der Waals surface area (Å²) in [5.41, 5.74) is 1.28. The number of halogens is 2. The molecule has 0 radical (unpaired) electrons. The van der Waals surface area contributed by atoms with Gasteiger partial charge in [-0.2, -0.15) is 0 Å². The molecule has 2 N–H and O–H groups in total. The summed E-state index contributed by atoms with van der Waals surface area (Å²) in [7, 11) is 0. The van der Waals surface area contributed by atoms with Crippen LogP contribution in [0.3, 0.4) is 0 Å². The molecule has 1 aliphatic rings. The number of carboxylic acid groups (broad SMARTS) is 1. The fraction of sp³-hybridized carbons (Fsp3) is 0.500. The molecule has 0 bridgehead atoms. The lowest BCUT2D eigenvalue weighted by Gasteiger charge is -2.27. The van der Waals surface area contributed by atoms with Crippen LogP contribution in [0.5, 0.6) is 5.75 Å². The molecule has 0 aromatic heterocycles. The van der Waals surface area contributed by atoms with Gasteiger partial charge in [0.25, 0.3) is 0 Å². The number of carboxylic acids is 1. The molecule has 0 heterocycles. The maximum atomic E-state index is 13.1. The monoisotopic (exact) mass is 327 g/mol. The van der Waals surface area contributed by atoms with Crippen LogP contribution in [0.25, 0.3) is 0 Å². The van der Waals surface area contributed by atoms with Crippen LogP contribution < -0.4 is 10.1 Å². The summed E-state index contributed by atoms with van der Waals surface area (Å²) in [6.07, 6.45) is -0.159. The van der Waals surface area contributed by atoms with E-state index in [0.29, 0.717) is 17.0 Å². The number of carbonyl (C=O) groups excluding carboxylic acids is 1. The Balaban J connectivity index is 1.94. The first-order chi connectivity index (χ1) is 10.8. The first-order valence-electron chi connectivity index (χ1n) is 7.41. The van der Waals surface area contributed by atoms with Crippen molar-refractivity contribution in [2.45, 2.75) is 38.5 Å². The van der Waals surface area contributed by atoms with Gasteiger partial charge < -0.3 is 15.2 Å². The van der Waals surface area contributed by atoms with E-state index < -0.39 is 24.4 Å². The van der Waals surface area contributed by atoms with Crippen LogP contribution in [0.1, 0.15) is 31.2 Å². The fourth-order valence-corrected chi connectivity index (χ4v) is 2.55. The molecule has 23 heavy (non-hydrogen) atoms. The first kappa shape index (κ1) is 17.2. The van der Waals surface area contributed by atoms with Gasteiger partial charge in [0.05, 0.1) is 0 Å². The summed E-state index contributed by atoms with van der Waals surface area (Å²) in [5.74, 6) is -4.01. The van der Waals surface area contributed by atoms with Crippen LogP contribution in [-0.4, -0.2) is 29.5 Å². The topological polar surface area (TPSA) is 75.6 Å². The van der Waals surface area contributed by atoms with E-state index >= 15 is 0 Å². The van der Waals surface area contributed by atoms with Crippen LogP contribution >= 0.6 is 0 Å². The number of hydrogen-bond donors (Lipinski definition) is 2. The van der Waals surface area contributed by atoms with Crippen molar-refractivity contribution in [3.63, 3.8) is 0 Å². The number of amides is 1. The van der Waals surface area contributed by atoms with Crippen LogP contribution in [-0.2, 0) is 9.59 Å². The average Bonchev–Trinajstić information content (AvgIpc) is 2.47. The largest absolute Gasteiger partial charge is 0.482 e. The lowest BCUT2D eigenvalue weighted by molar-refractivity contribution is -0.139. The molecule has 5 nitrogen and oxygen atoms in total. The summed E-state index contributed by atoms with van der Waals surface area (Å²) < 4.78 is 31.3. The average molecular weight is 327 g/mol. The molecule has 1 aromatic rings. The number of carbonyl (C=O) groups is 2. The number of anilines is 1. The second-order valence-electron chi connectivity index (χ2n) is 5.78. The Bertz CT molecular complexity index is 594. The van der Waals surface area contributed by atoms with Crippen LogP contribution in [0, 0.1) is 12.8 Å². The number of benzene rings is 1. The van der Waals surface area contributed by atoms with E-state index in [1.807, 2.05) is 0 Å². The van der Waals surface area contributed by atoms with E-state index in [-0.39, 0.29) is 31.6 Å². The summed E-state index contributed by atoms with van der Waals surface area (Å²) in [4.78, 5) is 22.6. The van der Waals surface area contributed by atoms with Crippen LogP contribution in [0.15, 0.2) is 18.2 Å². The lowest BCUT2D eigenvalue weighted by Crippen LogP contribution is -2.31. The molecule has 0 aliphatic heterocycles. The van der Waals surface area contributed by atoms with E-state index in [0.717, 1.165) is 0 Å². The van der Waals surface area contributed by atoms with Crippen LogP contribution in [0.2, 0.25) is 0 Å². The van der Waals surface area contributed by atoms with Gasteiger partial charge >= 0.3 is 5.97 Å². The van der Waals surface area contributed by atoms with Crippen molar-refractivity contribution in [2.24, 2.45) is 5.92 Å². The minimum Gasteiger partial charge on any atom is -0.482 e. The quantitative estimate of drug-likeness (QED) is 0.870. The van der Waals surface area contributed by atoms with Gasteiger partial charge in [0, 0.05) is 24.4 Å². The second kappa shape index (κ2) is 6.93. The van der Waals surface area contributed by atoms with Gasteiger partial charge in [0.1, 0.15) is 5.75 Å². The predicted octanol–water partition coefficient (Wildman–Crippen LogP) is 3.22. The van der Waals surface area contributed by atoms with Gasteiger partial charge in [-0.3, -0.25) is 4.79 Å². The highest BCUT2D eigenvalue weighted by atomic mass is 19.3. The minimum absolute atomic E-state index is 0.178. The van der Waals surface area contributed by atoms with Crippen LogP contribution in [0.4, 0.5) is 14.5 Å². The predicted molar refractivity (Wildman–Crippen MR) is 79.8 cm³/mol. The third-order valence-corrected chi connectivity index (χ3v) is 3.91. The number of rotatable bonds is 5. The molecule has 0 saturated heterocycles. The Labute approximate surface area is 132 Å². The lowest BCUT2D eigenvalue weighted by atomic mass is 9.86. The third kappa shape index (κ3) is 4.91. The zero-order valence-electron chi connectivity index (χ0n) is 12.8. The Morgan fingerprint density at radius 1 is 1.35 bits per heavy atom. The standard InChI is InChI=1S/C16H19F2NO4/c1-10-8-12(23-9-14(20)21)2-3-13(10)19-15(22)11-4-6-16(17,18)7-5-11/h2-3,8,11H,4-7,9H2,1H3,(H,19,22)(H,20,21). The molecule has 1 saturated carbocycles. The molecular formula is C16H19F2NO4. The summed E-state index contributed by atoms with van der Waals surface area (Å²) in [5, 5.41) is 11.3. The maximum Gasteiger partial charge on any atom is 0.341 e. The molecule has 2 rings (SSSR count). The number of nitrogens with one attached hydrogen (secondary N) is 1. The molecule has 7 heteroatoms. The van der Waals surface area contributed by atoms with Crippen molar-refractivity contribution in [1.29, 1.82) is 0 Å². The Morgan fingerprint density at radius 2 is 2.00 bits per heavy atom. The van der Waals surface area contributed by atoms with Crippen molar-refractivity contribution in [3.8, 4) is 5.75 Å². The van der Waals surface area contributed by atoms with E-state index in [4.69, 9.17) is 9.84 Å². The Morgan fingerprint density at radius 3 is 2.57 bits per heavy atom. The first-order valence-corrected chi connectivity index (χ1v) is 7.41. The van der Waals surface area contributed by atoms with Gasteiger partial charge in [-0.15, -0.1) is 0 Å². The van der Waals surface area contributed by atoms with E-state index in [1.54, 1.807) is 25.1 Å². The van der Waals surface area contributed by atoms with Crippen molar-refractivity contribution >= 4 is 17.6 Å². The van der Waals surface area contributed by atoms with Crippen molar-refractivity contribution < 1.29 is 28.2 Å². The van der Waals surface area contributed by atoms with Gasteiger partial charge in [0.2, 0.25) is 11.8 Å². The number of alkyl halides is 2. The van der Waals surface area contributed by atoms with E-state index in [9.17, 15) is 18.4 Å². The minimum atomic E-state index is -2.66. The highest BCUT2D eigenvalue weighted by Gasteiger charge is 2.37. The molecule has 0 unspecified atom stereocenters. The SMILES string of the molecule is Cc1cc(OCC(=O)O)ccc1NC(=O)C1CCC(F)(F)CC1. The van der Waals surface area contributed by atoms with Crippen molar-refractivity contribution in [3.05, 3.63) is 23.8 Å². The summed E-state index contributed by atoms with van der Waals surface area (Å²) >= 11 is 0. The third-order valence-electron chi connectivity index (χ3n) is 3.91. The number of ether oxygens (including phenoxy) is 1. The van der Waals surface area contributed by atoms with E-state index in [1.165, 1.54) is 0 Å². The summed E-state index contributed by atoms with van der Waals surface area (Å²) in [6.45, 7) is 1.31. The molecule has 126 valence electrons. The molecule has 0 atom stereocenters. The van der Waals surface area contributed by atoms with Gasteiger partial charge in [-0.05, 0) is 43.5 Å². The number of hydrogen-bond acceptors (Lipinski definition) is 3. The zero-order valence-corrected chi connectivity index (χ0v) is 12.8. The normalized spacial score (nSPS) is 17.5. The molecular weight excluding hydrogens is 308 g/mol. The highest BCUT2D eigenvalue weighted by Crippen LogP contribution is 2.36. The number of aryl methyl sites for hydroxylation is 1. The molecule has 1 amide bonds. The van der Waals surface area contributed by atoms with E-state index in [2.05, 4.69) is 5.32 Å². The molecule has 1 fully saturated rings. The Hall–Kier alpha value is -2.18. The summed E-state index contributed by atoms with van der Waals surface area (Å²) in [6, 6.07) is 4.79. The smallest absolute Gasteiger partial charge is 0.341 e. The molecule has 1 aromatic carbocycles. The molecule has 1 aliphatic carbocycles. The van der Waals surface area contributed by atoms with Crippen molar-refractivity contribution in [2.75, 3.05) is 11.9 Å². The number of aliphatic carboxylic acids is 1. The van der Waals surface area contributed by atoms with Gasteiger partial charge in [-0.1, -0.05) is 0 Å². The van der Waals surface area contributed by atoms with Gasteiger partial charge in [0.15, 0.2) is 6.61 Å². The fourth-order valence-electron chi connectivity index (χ4n) is 2.55. The Kier molecular flexibility index (Phi) is 5.18. The molecule has 0 spiro atoms. The maximum absolute atomic E-state index is 13.1. The zero-order chi connectivity index (χ0) is 17.0. The van der Waals surface area contributed by atoms with Crippen molar-refractivity contribution in [1.82, 2.24) is 0 Å². The van der Waals surface area contributed by atoms with Gasteiger partial charge in [-0.25, -0.2) is 13.6 Å². The second-order valence-corrected chi connectivity index (χ2v) is 5.78.